The predicted molar refractivity (Wildman–Crippen MR) is 133 cm³/mol. The summed E-state index contributed by atoms with van der Waals surface area (Å²) in [6, 6.07) is 10.7. The van der Waals surface area contributed by atoms with Gasteiger partial charge in [0.2, 0.25) is 5.91 Å². The molecule has 3 rings (SSSR count). The van der Waals surface area contributed by atoms with Crippen LogP contribution in [0.2, 0.25) is 10.0 Å². The number of carbonyl (C=O) groups is 2. The molecule has 0 unspecified atom stereocenters. The van der Waals surface area contributed by atoms with Gasteiger partial charge < -0.3 is 15.2 Å². The van der Waals surface area contributed by atoms with Crippen molar-refractivity contribution >= 4 is 52.5 Å². The molecule has 2 aromatic carbocycles. The molecule has 33 heavy (non-hydrogen) atoms. The Morgan fingerprint density at radius 3 is 2.64 bits per heavy atom. The Bertz CT molecular complexity index is 1170. The van der Waals surface area contributed by atoms with E-state index in [1.54, 1.807) is 12.1 Å². The number of anilines is 1. The third-order valence-electron chi connectivity index (χ3n) is 5.08. The molecule has 1 aromatic heterocycles. The Hall–Kier alpha value is -2.55. The normalized spacial score (nSPS) is 10.8. The van der Waals surface area contributed by atoms with Crippen molar-refractivity contribution in [2.24, 2.45) is 7.05 Å². The molecule has 0 aliphatic heterocycles. The van der Waals surface area contributed by atoms with Gasteiger partial charge in [0.15, 0.2) is 5.16 Å². The first-order chi connectivity index (χ1) is 15.8. The molecule has 0 saturated heterocycles. The van der Waals surface area contributed by atoms with Crippen LogP contribution in [0.25, 0.3) is 0 Å². The van der Waals surface area contributed by atoms with Crippen LogP contribution in [0.15, 0.2) is 41.6 Å². The highest BCUT2D eigenvalue weighted by atomic mass is 35.5. The first kappa shape index (κ1) is 25.1. The number of aryl methyl sites for hydroxylation is 2. The number of carbonyl (C=O) groups excluding carboxylic acids is 2. The molecule has 0 spiro atoms. The molecule has 0 radical (unpaired) electrons. The third kappa shape index (κ3) is 6.50. The number of benzene rings is 2. The molecule has 0 bridgehead atoms. The van der Waals surface area contributed by atoms with Gasteiger partial charge >= 0.3 is 0 Å². The molecule has 0 atom stereocenters. The molecule has 3 aromatic rings. The van der Waals surface area contributed by atoms with E-state index < -0.39 is 0 Å². The number of nitrogens with one attached hydrogen (secondary N) is 2. The van der Waals surface area contributed by atoms with Gasteiger partial charge in [-0.3, -0.25) is 9.59 Å². The van der Waals surface area contributed by atoms with E-state index in [-0.39, 0.29) is 17.6 Å². The second-order valence-electron chi connectivity index (χ2n) is 7.39. The second-order valence-corrected chi connectivity index (χ2v) is 9.15. The molecule has 2 N–H and O–H groups in total. The van der Waals surface area contributed by atoms with Crippen molar-refractivity contribution in [2.75, 3.05) is 17.6 Å². The standard InChI is InChI=1S/C23H25Cl2N5O2S/c1-4-15-7-5-6-14(2)21(15)27-20(31)13-33-23-29-28-19(30(23)3)10-11-26-22(32)16-8-9-17(24)18(25)12-16/h5-9,12H,4,10-11,13H2,1-3H3,(H,26,32)(H,27,31). The number of thioether (sulfide) groups is 1. The first-order valence-electron chi connectivity index (χ1n) is 10.4. The van der Waals surface area contributed by atoms with Crippen molar-refractivity contribution in [2.45, 2.75) is 31.8 Å². The number of hydrogen-bond donors (Lipinski definition) is 2. The van der Waals surface area contributed by atoms with E-state index in [1.165, 1.54) is 17.8 Å². The summed E-state index contributed by atoms with van der Waals surface area (Å²) in [7, 11) is 1.84. The SMILES string of the molecule is CCc1cccc(C)c1NC(=O)CSc1nnc(CCNC(=O)c2ccc(Cl)c(Cl)c2)n1C. The second kappa shape index (κ2) is 11.5. The van der Waals surface area contributed by atoms with Crippen LogP contribution in [0, 0.1) is 6.92 Å². The Balaban J connectivity index is 1.51. The largest absolute Gasteiger partial charge is 0.352 e. The number of halogens is 2. The zero-order chi connectivity index (χ0) is 24.0. The molecular formula is C23H25Cl2N5O2S. The molecule has 0 saturated carbocycles. The quantitative estimate of drug-likeness (QED) is 0.411. The number of amides is 2. The molecule has 0 fully saturated rings. The van der Waals surface area contributed by atoms with Gasteiger partial charge in [-0.25, -0.2) is 0 Å². The Morgan fingerprint density at radius 1 is 1.12 bits per heavy atom. The van der Waals surface area contributed by atoms with E-state index in [9.17, 15) is 9.59 Å². The van der Waals surface area contributed by atoms with Gasteiger partial charge in [-0.05, 0) is 42.7 Å². The summed E-state index contributed by atoms with van der Waals surface area (Å²) >= 11 is 13.2. The highest BCUT2D eigenvalue weighted by molar-refractivity contribution is 7.99. The molecule has 1 heterocycles. The number of para-hydroxylation sites is 1. The van der Waals surface area contributed by atoms with Gasteiger partial charge in [0.1, 0.15) is 5.82 Å². The number of rotatable bonds is 9. The summed E-state index contributed by atoms with van der Waals surface area (Å²) < 4.78 is 1.83. The maximum absolute atomic E-state index is 12.5. The van der Waals surface area contributed by atoms with Crippen molar-refractivity contribution in [3.8, 4) is 0 Å². The highest BCUT2D eigenvalue weighted by Gasteiger charge is 2.14. The van der Waals surface area contributed by atoms with Crippen molar-refractivity contribution in [3.63, 3.8) is 0 Å². The predicted octanol–water partition coefficient (Wildman–Crippen LogP) is 4.70. The Labute approximate surface area is 207 Å². The van der Waals surface area contributed by atoms with E-state index in [4.69, 9.17) is 23.2 Å². The maximum Gasteiger partial charge on any atom is 0.251 e. The minimum Gasteiger partial charge on any atom is -0.352 e. The molecule has 2 amide bonds. The monoisotopic (exact) mass is 505 g/mol. The summed E-state index contributed by atoms with van der Waals surface area (Å²) in [6.45, 7) is 4.42. The topological polar surface area (TPSA) is 88.9 Å². The van der Waals surface area contributed by atoms with Crippen molar-refractivity contribution in [3.05, 3.63) is 69.0 Å². The van der Waals surface area contributed by atoms with Crippen molar-refractivity contribution < 1.29 is 9.59 Å². The summed E-state index contributed by atoms with van der Waals surface area (Å²) in [6.07, 6.45) is 1.34. The highest BCUT2D eigenvalue weighted by Crippen LogP contribution is 2.23. The van der Waals surface area contributed by atoms with Gasteiger partial charge in [0.25, 0.3) is 5.91 Å². The zero-order valence-corrected chi connectivity index (χ0v) is 20.9. The lowest BCUT2D eigenvalue weighted by Gasteiger charge is -2.12. The summed E-state index contributed by atoms with van der Waals surface area (Å²) in [4.78, 5) is 24.8. The van der Waals surface area contributed by atoms with E-state index in [0.717, 1.165) is 23.2 Å². The zero-order valence-electron chi connectivity index (χ0n) is 18.6. The van der Waals surface area contributed by atoms with E-state index in [0.29, 0.717) is 39.6 Å². The van der Waals surface area contributed by atoms with Crippen LogP contribution in [0.1, 0.15) is 34.2 Å². The average molecular weight is 506 g/mol. The Kier molecular flexibility index (Phi) is 8.77. The fraction of sp³-hybridized carbons (Fsp3) is 0.304. The molecular weight excluding hydrogens is 481 g/mol. The van der Waals surface area contributed by atoms with Crippen LogP contribution in [-0.2, 0) is 24.7 Å². The van der Waals surface area contributed by atoms with Crippen LogP contribution in [-0.4, -0.2) is 38.9 Å². The van der Waals surface area contributed by atoms with Gasteiger partial charge in [-0.2, -0.15) is 0 Å². The third-order valence-corrected chi connectivity index (χ3v) is 6.84. The van der Waals surface area contributed by atoms with Crippen LogP contribution in [0.5, 0.6) is 0 Å². The van der Waals surface area contributed by atoms with Gasteiger partial charge in [0, 0.05) is 31.3 Å². The molecule has 10 heteroatoms. The van der Waals surface area contributed by atoms with Crippen LogP contribution >= 0.6 is 35.0 Å². The molecule has 174 valence electrons. The summed E-state index contributed by atoms with van der Waals surface area (Å²) in [5.41, 5.74) is 3.46. The lowest BCUT2D eigenvalue weighted by Crippen LogP contribution is -2.26. The number of aromatic nitrogens is 3. The lowest BCUT2D eigenvalue weighted by atomic mass is 10.1. The fourth-order valence-electron chi connectivity index (χ4n) is 3.22. The van der Waals surface area contributed by atoms with Gasteiger partial charge in [-0.15, -0.1) is 10.2 Å². The fourth-order valence-corrected chi connectivity index (χ4v) is 4.25. The van der Waals surface area contributed by atoms with Crippen LogP contribution in [0.4, 0.5) is 5.69 Å². The van der Waals surface area contributed by atoms with E-state index in [1.807, 2.05) is 36.7 Å². The average Bonchev–Trinajstić information content (AvgIpc) is 3.14. The minimum absolute atomic E-state index is 0.0950. The smallest absolute Gasteiger partial charge is 0.251 e. The van der Waals surface area contributed by atoms with Gasteiger partial charge in [-0.1, -0.05) is 60.1 Å². The van der Waals surface area contributed by atoms with E-state index >= 15 is 0 Å². The van der Waals surface area contributed by atoms with E-state index in [2.05, 4.69) is 27.8 Å². The maximum atomic E-state index is 12.5. The molecule has 7 nitrogen and oxygen atoms in total. The summed E-state index contributed by atoms with van der Waals surface area (Å²) in [5.74, 6) is 0.587. The van der Waals surface area contributed by atoms with Crippen molar-refractivity contribution in [1.29, 1.82) is 0 Å². The Morgan fingerprint density at radius 2 is 1.91 bits per heavy atom. The van der Waals surface area contributed by atoms with Crippen molar-refractivity contribution in [1.82, 2.24) is 20.1 Å². The van der Waals surface area contributed by atoms with Gasteiger partial charge in [0.05, 0.1) is 15.8 Å². The number of hydrogen-bond acceptors (Lipinski definition) is 5. The first-order valence-corrected chi connectivity index (χ1v) is 12.2. The van der Waals surface area contributed by atoms with Crippen LogP contribution < -0.4 is 10.6 Å². The molecule has 0 aliphatic carbocycles. The minimum atomic E-state index is -0.246. The lowest BCUT2D eigenvalue weighted by molar-refractivity contribution is -0.113. The molecule has 0 aliphatic rings. The summed E-state index contributed by atoms with van der Waals surface area (Å²) in [5, 5.41) is 15.6. The number of nitrogens with zero attached hydrogens (tertiary/aromatic N) is 3. The van der Waals surface area contributed by atoms with Crippen LogP contribution in [0.3, 0.4) is 0 Å².